The van der Waals surface area contributed by atoms with E-state index in [9.17, 15) is 9.36 Å². The van der Waals surface area contributed by atoms with E-state index in [4.69, 9.17) is 14.9 Å². The first-order valence-corrected chi connectivity index (χ1v) is 5.59. The summed E-state index contributed by atoms with van der Waals surface area (Å²) >= 11 is 0. The zero-order valence-corrected chi connectivity index (χ0v) is 7.78. The fourth-order valence-electron chi connectivity index (χ4n) is 1.37. The predicted octanol–water partition coefficient (Wildman–Crippen LogP) is -1.20. The first-order chi connectivity index (χ1) is 5.95. The number of carbonyl (C=O) groups excluding carboxylic acids is 1. The maximum atomic E-state index is 11.0. The molecule has 1 fully saturated rings. The topological polar surface area (TPSA) is 107 Å². The Morgan fingerprint density at radius 2 is 2.15 bits per heavy atom. The average Bonchev–Trinajstić information content (AvgIpc) is 2.30. The van der Waals surface area contributed by atoms with E-state index in [-0.39, 0.29) is 19.1 Å². The van der Waals surface area contributed by atoms with Crippen molar-refractivity contribution < 1.29 is 24.3 Å². The van der Waals surface area contributed by atoms with E-state index in [0.29, 0.717) is 6.42 Å². The van der Waals surface area contributed by atoms with Crippen LogP contribution in [-0.4, -0.2) is 39.1 Å². The van der Waals surface area contributed by atoms with Gasteiger partial charge < -0.3 is 20.2 Å². The lowest BCUT2D eigenvalue weighted by Gasteiger charge is -2.08. The van der Waals surface area contributed by atoms with Crippen LogP contribution in [0.4, 0.5) is 0 Å². The van der Waals surface area contributed by atoms with Crippen molar-refractivity contribution in [3.05, 3.63) is 0 Å². The third-order valence-electron chi connectivity index (χ3n) is 2.04. The maximum Gasteiger partial charge on any atom is 0.338 e. The molecule has 0 bridgehead atoms. The van der Waals surface area contributed by atoms with E-state index in [1.807, 2.05) is 0 Å². The fourth-order valence-corrected chi connectivity index (χ4v) is 2.28. The molecule has 4 N–H and O–H groups in total. The summed E-state index contributed by atoms with van der Waals surface area (Å²) in [7, 11) is -4.32. The lowest BCUT2D eigenvalue weighted by Crippen LogP contribution is -2.28. The molecular formula is C6H12NO5P. The number of hydrogen-bond donors (Lipinski definition) is 4. The molecule has 1 rings (SSSR count). The number of aliphatic hydroxyl groups excluding tert-OH is 1. The Hall–Kier alpha value is -0.420. The van der Waals surface area contributed by atoms with E-state index in [1.54, 1.807) is 0 Å². The molecular weight excluding hydrogens is 197 g/mol. The second kappa shape index (κ2) is 3.75. The molecule has 6 nitrogen and oxygen atoms in total. The average molecular weight is 209 g/mol. The van der Waals surface area contributed by atoms with Gasteiger partial charge in [0.1, 0.15) is 5.66 Å². The fraction of sp³-hybridized carbons (Fsp3) is 0.833. The Morgan fingerprint density at radius 1 is 1.54 bits per heavy atom. The SMILES string of the molecule is O=C1N[C@H](CCO)CC1P(=O)(O)O. The Kier molecular flexibility index (Phi) is 3.08. The molecule has 0 spiro atoms. The standard InChI is InChI=1S/C6H12NO5P/c8-2-1-4-3-5(6(9)7-4)13(10,11)12/h4-5,8H,1-3H2,(H,7,9)(H2,10,11,12)/t4-,5?/m1/s1. The molecule has 2 atom stereocenters. The van der Waals surface area contributed by atoms with Gasteiger partial charge in [-0.15, -0.1) is 0 Å². The molecule has 1 amide bonds. The Labute approximate surface area is 75.1 Å². The van der Waals surface area contributed by atoms with Crippen LogP contribution in [0.2, 0.25) is 0 Å². The molecule has 0 aromatic heterocycles. The smallest absolute Gasteiger partial charge is 0.338 e. The number of amides is 1. The van der Waals surface area contributed by atoms with Crippen molar-refractivity contribution in [1.82, 2.24) is 5.32 Å². The summed E-state index contributed by atoms with van der Waals surface area (Å²) in [6, 6.07) is -0.310. The summed E-state index contributed by atoms with van der Waals surface area (Å²) < 4.78 is 10.8. The Morgan fingerprint density at radius 3 is 2.54 bits per heavy atom. The van der Waals surface area contributed by atoms with Gasteiger partial charge in [-0.1, -0.05) is 0 Å². The van der Waals surface area contributed by atoms with Crippen LogP contribution in [0.25, 0.3) is 0 Å². The molecule has 1 aliphatic rings. The van der Waals surface area contributed by atoms with Gasteiger partial charge in [0.25, 0.3) is 0 Å². The van der Waals surface area contributed by atoms with Crippen molar-refractivity contribution in [1.29, 1.82) is 0 Å². The Bertz CT molecular complexity index is 249. The molecule has 1 unspecified atom stereocenters. The molecule has 1 heterocycles. The lowest BCUT2D eigenvalue weighted by atomic mass is 10.2. The van der Waals surface area contributed by atoms with Crippen molar-refractivity contribution in [3.63, 3.8) is 0 Å². The van der Waals surface area contributed by atoms with Gasteiger partial charge in [-0.2, -0.15) is 0 Å². The van der Waals surface area contributed by atoms with Crippen LogP contribution in [0.1, 0.15) is 12.8 Å². The van der Waals surface area contributed by atoms with Crippen molar-refractivity contribution in [2.24, 2.45) is 0 Å². The quantitative estimate of drug-likeness (QED) is 0.437. The zero-order valence-electron chi connectivity index (χ0n) is 6.88. The van der Waals surface area contributed by atoms with E-state index in [1.165, 1.54) is 0 Å². The molecule has 76 valence electrons. The van der Waals surface area contributed by atoms with E-state index in [2.05, 4.69) is 5.32 Å². The second-order valence-electron chi connectivity index (χ2n) is 3.06. The second-order valence-corrected chi connectivity index (χ2v) is 4.86. The maximum absolute atomic E-state index is 11.0. The number of hydrogen-bond acceptors (Lipinski definition) is 3. The summed E-state index contributed by atoms with van der Waals surface area (Å²) in [6.07, 6.45) is 0.436. The minimum absolute atomic E-state index is 0.0984. The summed E-state index contributed by atoms with van der Waals surface area (Å²) in [4.78, 5) is 28.5. The van der Waals surface area contributed by atoms with Crippen LogP contribution < -0.4 is 5.32 Å². The molecule has 0 radical (unpaired) electrons. The monoisotopic (exact) mass is 209 g/mol. The van der Waals surface area contributed by atoms with Gasteiger partial charge >= 0.3 is 7.60 Å². The number of nitrogens with one attached hydrogen (secondary N) is 1. The minimum Gasteiger partial charge on any atom is -0.396 e. The van der Waals surface area contributed by atoms with Gasteiger partial charge in [0.15, 0.2) is 0 Å². The van der Waals surface area contributed by atoms with E-state index in [0.717, 1.165) is 0 Å². The van der Waals surface area contributed by atoms with E-state index >= 15 is 0 Å². The highest BCUT2D eigenvalue weighted by Gasteiger charge is 2.42. The van der Waals surface area contributed by atoms with Gasteiger partial charge in [-0.3, -0.25) is 9.36 Å². The van der Waals surface area contributed by atoms with Gasteiger partial charge in [0, 0.05) is 12.6 Å². The summed E-state index contributed by atoms with van der Waals surface area (Å²) in [5.41, 5.74) is -1.23. The van der Waals surface area contributed by atoms with Gasteiger partial charge in [0.05, 0.1) is 0 Å². The number of rotatable bonds is 3. The van der Waals surface area contributed by atoms with Crippen LogP contribution >= 0.6 is 7.60 Å². The van der Waals surface area contributed by atoms with Crippen molar-refractivity contribution in [3.8, 4) is 0 Å². The highest BCUT2D eigenvalue weighted by atomic mass is 31.2. The lowest BCUT2D eigenvalue weighted by molar-refractivity contribution is -0.119. The first kappa shape index (κ1) is 10.7. The molecule has 7 heteroatoms. The summed E-state index contributed by atoms with van der Waals surface area (Å²) in [5, 5.41) is 11.0. The van der Waals surface area contributed by atoms with Crippen LogP contribution in [0.5, 0.6) is 0 Å². The number of aliphatic hydroxyl groups is 1. The third kappa shape index (κ3) is 2.51. The van der Waals surface area contributed by atoms with Crippen LogP contribution in [-0.2, 0) is 9.36 Å². The largest absolute Gasteiger partial charge is 0.396 e. The predicted molar refractivity (Wildman–Crippen MR) is 44.1 cm³/mol. The number of carbonyl (C=O) groups is 1. The Balaban J connectivity index is 2.62. The molecule has 0 aromatic carbocycles. The van der Waals surface area contributed by atoms with E-state index < -0.39 is 19.2 Å². The van der Waals surface area contributed by atoms with Crippen molar-refractivity contribution in [2.45, 2.75) is 24.5 Å². The molecule has 0 aromatic rings. The molecule has 0 saturated carbocycles. The third-order valence-corrected chi connectivity index (χ3v) is 3.30. The van der Waals surface area contributed by atoms with Crippen LogP contribution in [0.15, 0.2) is 0 Å². The van der Waals surface area contributed by atoms with Crippen molar-refractivity contribution in [2.75, 3.05) is 6.61 Å². The van der Waals surface area contributed by atoms with Gasteiger partial charge in [0.2, 0.25) is 5.91 Å². The van der Waals surface area contributed by atoms with Crippen LogP contribution in [0.3, 0.4) is 0 Å². The summed E-state index contributed by atoms with van der Waals surface area (Å²) in [6.45, 7) is -0.0984. The summed E-state index contributed by atoms with van der Waals surface area (Å²) in [5.74, 6) is -0.619. The van der Waals surface area contributed by atoms with Gasteiger partial charge in [-0.05, 0) is 12.8 Å². The zero-order chi connectivity index (χ0) is 10.1. The van der Waals surface area contributed by atoms with Crippen LogP contribution in [0, 0.1) is 0 Å². The highest BCUT2D eigenvalue weighted by molar-refractivity contribution is 7.53. The van der Waals surface area contributed by atoms with Gasteiger partial charge in [-0.25, -0.2) is 0 Å². The minimum atomic E-state index is -4.32. The molecule has 13 heavy (non-hydrogen) atoms. The molecule has 1 saturated heterocycles. The first-order valence-electron chi connectivity index (χ1n) is 3.91. The molecule has 1 aliphatic heterocycles. The normalized spacial score (nSPS) is 29.0. The van der Waals surface area contributed by atoms with Crippen molar-refractivity contribution >= 4 is 13.5 Å². The highest BCUT2D eigenvalue weighted by Crippen LogP contribution is 2.45. The molecule has 0 aliphatic carbocycles.